The number of amides is 1. The molecule has 0 unspecified atom stereocenters. The third-order valence-electron chi connectivity index (χ3n) is 5.04. The van der Waals surface area contributed by atoms with E-state index in [4.69, 9.17) is 5.11 Å². The van der Waals surface area contributed by atoms with Crippen molar-refractivity contribution in [1.29, 1.82) is 0 Å². The van der Waals surface area contributed by atoms with Crippen molar-refractivity contribution in [3.8, 4) is 11.8 Å². The van der Waals surface area contributed by atoms with Crippen molar-refractivity contribution in [3.05, 3.63) is 70.8 Å². The summed E-state index contributed by atoms with van der Waals surface area (Å²) in [7, 11) is 0. The summed E-state index contributed by atoms with van der Waals surface area (Å²) in [5.41, 5.74) is 3.36. The summed E-state index contributed by atoms with van der Waals surface area (Å²) in [6.45, 7) is 2.85. The maximum Gasteiger partial charge on any atom is 0.251 e. The maximum atomic E-state index is 12.3. The van der Waals surface area contributed by atoms with E-state index in [1.54, 1.807) is 24.3 Å². The number of hydrogen-bond acceptors (Lipinski definition) is 4. The molecule has 0 heterocycles. The summed E-state index contributed by atoms with van der Waals surface area (Å²) >= 11 is 0. The van der Waals surface area contributed by atoms with Gasteiger partial charge < -0.3 is 15.5 Å². The van der Waals surface area contributed by atoms with Crippen LogP contribution >= 0.6 is 0 Å². The number of benzene rings is 2. The first kappa shape index (κ1) is 24.3. The second-order valence-electron chi connectivity index (χ2n) is 7.65. The molecule has 0 fully saturated rings. The van der Waals surface area contributed by atoms with E-state index in [-0.39, 0.29) is 0 Å². The zero-order chi connectivity index (χ0) is 22.6. The third kappa shape index (κ3) is 8.01. The topological polar surface area (TPSA) is 86.6 Å². The van der Waals surface area contributed by atoms with Gasteiger partial charge in [-0.15, -0.1) is 0 Å². The molecule has 0 aromatic heterocycles. The standard InChI is InChI=1S/C26H31NO4/c1-3-4-5-6-7-20-8-10-21(11-9-20)12-13-22-14-16-23(17-15-22)26(31)27-25(19(2)29)24(30)18-28/h8-11,14-17,19,25,28-29H,3-7,18H2,1-2H3,(H,27,31)/t19-,25+/m1/s1. The first-order chi connectivity index (χ1) is 14.9. The van der Waals surface area contributed by atoms with Gasteiger partial charge in [-0.3, -0.25) is 9.59 Å². The lowest BCUT2D eigenvalue weighted by molar-refractivity contribution is -0.125. The van der Waals surface area contributed by atoms with Crippen LogP contribution in [0.15, 0.2) is 48.5 Å². The quantitative estimate of drug-likeness (QED) is 0.406. The molecule has 2 aromatic rings. The van der Waals surface area contributed by atoms with Gasteiger partial charge in [-0.25, -0.2) is 0 Å². The fourth-order valence-corrected chi connectivity index (χ4v) is 3.15. The van der Waals surface area contributed by atoms with Crippen LogP contribution in [-0.4, -0.2) is 40.7 Å². The molecule has 2 rings (SSSR count). The van der Waals surface area contributed by atoms with Crippen molar-refractivity contribution in [2.24, 2.45) is 0 Å². The second kappa shape index (κ2) is 12.7. The highest BCUT2D eigenvalue weighted by Crippen LogP contribution is 2.10. The first-order valence-corrected chi connectivity index (χ1v) is 10.8. The molecule has 3 N–H and O–H groups in total. The van der Waals surface area contributed by atoms with Crippen molar-refractivity contribution in [3.63, 3.8) is 0 Å². The molecule has 2 aromatic carbocycles. The van der Waals surface area contributed by atoms with Gasteiger partial charge in [0.25, 0.3) is 5.91 Å². The van der Waals surface area contributed by atoms with Crippen LogP contribution in [0.5, 0.6) is 0 Å². The van der Waals surface area contributed by atoms with Gasteiger partial charge in [0.2, 0.25) is 0 Å². The summed E-state index contributed by atoms with van der Waals surface area (Å²) in [6.07, 6.45) is 5.00. The Hall–Kier alpha value is -2.94. The summed E-state index contributed by atoms with van der Waals surface area (Å²) in [5.74, 6) is 5.07. The Kier molecular flexibility index (Phi) is 9.96. The predicted molar refractivity (Wildman–Crippen MR) is 122 cm³/mol. The molecule has 0 bridgehead atoms. The zero-order valence-corrected chi connectivity index (χ0v) is 18.2. The Bertz CT molecular complexity index is 905. The number of nitrogens with one attached hydrogen (secondary N) is 1. The molecule has 0 aliphatic carbocycles. The Labute approximate surface area is 184 Å². The number of aliphatic hydroxyl groups excluding tert-OH is 2. The normalized spacial score (nSPS) is 12.4. The summed E-state index contributed by atoms with van der Waals surface area (Å²) in [4.78, 5) is 24.0. The molecular weight excluding hydrogens is 390 g/mol. The van der Waals surface area contributed by atoms with E-state index in [0.717, 1.165) is 17.5 Å². The summed E-state index contributed by atoms with van der Waals surface area (Å²) < 4.78 is 0. The van der Waals surface area contributed by atoms with Gasteiger partial charge in [0, 0.05) is 16.7 Å². The van der Waals surface area contributed by atoms with Crippen LogP contribution in [0.2, 0.25) is 0 Å². The van der Waals surface area contributed by atoms with E-state index < -0.39 is 30.4 Å². The largest absolute Gasteiger partial charge is 0.391 e. The number of carbonyl (C=O) groups is 2. The molecule has 1 amide bonds. The molecule has 0 radical (unpaired) electrons. The van der Waals surface area contributed by atoms with Gasteiger partial charge in [-0.2, -0.15) is 0 Å². The van der Waals surface area contributed by atoms with Gasteiger partial charge in [0.15, 0.2) is 5.78 Å². The zero-order valence-electron chi connectivity index (χ0n) is 18.2. The number of ketones is 1. The minimum absolute atomic E-state index is 0.342. The maximum absolute atomic E-state index is 12.3. The van der Waals surface area contributed by atoms with E-state index >= 15 is 0 Å². The number of aliphatic hydroxyl groups is 2. The average Bonchev–Trinajstić information content (AvgIpc) is 2.79. The fraction of sp³-hybridized carbons (Fsp3) is 0.385. The molecule has 0 aliphatic heterocycles. The smallest absolute Gasteiger partial charge is 0.251 e. The molecule has 0 saturated heterocycles. The highest BCUT2D eigenvalue weighted by Gasteiger charge is 2.25. The highest BCUT2D eigenvalue weighted by atomic mass is 16.3. The van der Waals surface area contributed by atoms with Crippen LogP contribution in [0.1, 0.15) is 66.6 Å². The van der Waals surface area contributed by atoms with Gasteiger partial charge in [0.05, 0.1) is 6.10 Å². The van der Waals surface area contributed by atoms with Crippen molar-refractivity contribution in [2.45, 2.75) is 58.1 Å². The molecule has 2 atom stereocenters. The van der Waals surface area contributed by atoms with E-state index in [0.29, 0.717) is 5.56 Å². The van der Waals surface area contributed by atoms with Gasteiger partial charge in [-0.1, -0.05) is 50.2 Å². The molecule has 31 heavy (non-hydrogen) atoms. The molecule has 164 valence electrons. The highest BCUT2D eigenvalue weighted by molar-refractivity contribution is 5.98. The Morgan fingerprint density at radius 3 is 2.03 bits per heavy atom. The first-order valence-electron chi connectivity index (χ1n) is 10.8. The van der Waals surface area contributed by atoms with Crippen molar-refractivity contribution >= 4 is 11.7 Å². The van der Waals surface area contributed by atoms with E-state index in [9.17, 15) is 14.7 Å². The van der Waals surface area contributed by atoms with E-state index in [1.807, 2.05) is 12.1 Å². The van der Waals surface area contributed by atoms with Crippen LogP contribution in [-0.2, 0) is 11.2 Å². The number of unbranched alkanes of at least 4 members (excludes halogenated alkanes) is 3. The number of aryl methyl sites for hydroxylation is 1. The number of Topliss-reactive ketones (excluding diaryl/α,β-unsaturated/α-hetero) is 1. The number of rotatable bonds is 10. The van der Waals surface area contributed by atoms with Crippen LogP contribution in [0.4, 0.5) is 0 Å². The van der Waals surface area contributed by atoms with Crippen LogP contribution in [0.25, 0.3) is 0 Å². The van der Waals surface area contributed by atoms with Crippen LogP contribution in [0, 0.1) is 11.8 Å². The summed E-state index contributed by atoms with van der Waals surface area (Å²) in [6, 6.07) is 13.8. The van der Waals surface area contributed by atoms with Crippen LogP contribution in [0.3, 0.4) is 0 Å². The average molecular weight is 422 g/mol. The van der Waals surface area contributed by atoms with Gasteiger partial charge in [-0.05, 0) is 61.7 Å². The Morgan fingerprint density at radius 1 is 0.935 bits per heavy atom. The molecular formula is C26H31NO4. The second-order valence-corrected chi connectivity index (χ2v) is 7.65. The number of hydrogen-bond donors (Lipinski definition) is 3. The van der Waals surface area contributed by atoms with Crippen molar-refractivity contribution in [1.82, 2.24) is 5.32 Å². The molecule has 5 nitrogen and oxygen atoms in total. The van der Waals surface area contributed by atoms with E-state index in [1.165, 1.54) is 38.2 Å². The number of carbonyl (C=O) groups excluding carboxylic acids is 2. The van der Waals surface area contributed by atoms with Crippen LogP contribution < -0.4 is 5.32 Å². The molecule has 0 aliphatic rings. The third-order valence-corrected chi connectivity index (χ3v) is 5.04. The molecule has 0 spiro atoms. The Balaban J connectivity index is 1.96. The lowest BCUT2D eigenvalue weighted by atomic mass is 10.0. The SMILES string of the molecule is CCCCCCc1ccc(C#Cc2ccc(C(=O)N[C@H](C(=O)CO)[C@@H](C)O)cc2)cc1. The minimum Gasteiger partial charge on any atom is -0.391 e. The van der Waals surface area contributed by atoms with Gasteiger partial charge >= 0.3 is 0 Å². The minimum atomic E-state index is -1.15. The lowest BCUT2D eigenvalue weighted by Gasteiger charge is -2.19. The van der Waals surface area contributed by atoms with Crippen molar-refractivity contribution < 1.29 is 19.8 Å². The Morgan fingerprint density at radius 2 is 1.52 bits per heavy atom. The van der Waals surface area contributed by atoms with Gasteiger partial charge in [0.1, 0.15) is 12.6 Å². The molecule has 0 saturated carbocycles. The fourth-order valence-electron chi connectivity index (χ4n) is 3.15. The van der Waals surface area contributed by atoms with Crippen molar-refractivity contribution in [2.75, 3.05) is 6.61 Å². The summed E-state index contributed by atoms with van der Waals surface area (Å²) in [5, 5.41) is 21.1. The monoisotopic (exact) mass is 421 g/mol. The van der Waals surface area contributed by atoms with E-state index in [2.05, 4.69) is 36.2 Å². The lowest BCUT2D eigenvalue weighted by Crippen LogP contribution is -2.48. The predicted octanol–water partition coefficient (Wildman–Crippen LogP) is 3.25. The molecule has 5 heteroatoms.